The van der Waals surface area contributed by atoms with E-state index in [1.807, 2.05) is 27.7 Å². The maximum Gasteiger partial charge on any atom is 0.410 e. The van der Waals surface area contributed by atoms with Crippen LogP contribution in [-0.2, 0) is 14.3 Å². The van der Waals surface area contributed by atoms with Gasteiger partial charge in [-0.2, -0.15) is 0 Å². The summed E-state index contributed by atoms with van der Waals surface area (Å²) in [4.78, 5) is 24.9. The molecule has 0 aromatic carbocycles. The van der Waals surface area contributed by atoms with Crippen LogP contribution in [0, 0.1) is 5.41 Å². The summed E-state index contributed by atoms with van der Waals surface area (Å²) in [5.41, 5.74) is -0.805. The zero-order valence-corrected chi connectivity index (χ0v) is 12.6. The van der Waals surface area contributed by atoms with E-state index in [1.165, 1.54) is 4.90 Å². The molecule has 0 spiro atoms. The lowest BCUT2D eigenvalue weighted by molar-refractivity contribution is -0.119. The minimum atomic E-state index is -0.560. The zero-order chi connectivity index (χ0) is 14.7. The summed E-state index contributed by atoms with van der Waals surface area (Å²) in [7, 11) is 1.62. The number of likely N-dealkylation sites (N-methyl/N-ethyl adjacent to an activating group) is 1. The Morgan fingerprint density at radius 1 is 1.37 bits per heavy atom. The molecule has 0 aromatic heterocycles. The van der Waals surface area contributed by atoms with Crippen LogP contribution in [0.5, 0.6) is 0 Å². The number of carbonyl (C=O) groups is 2. The number of amides is 1. The molecular formula is C14H25NO4. The predicted octanol–water partition coefficient (Wildman–Crippen LogP) is 2.24. The van der Waals surface area contributed by atoms with Crippen LogP contribution in [-0.4, -0.2) is 49.2 Å². The molecular weight excluding hydrogens is 246 g/mol. The molecule has 1 atom stereocenters. The fraction of sp³-hybridized carbons (Fsp3) is 0.857. The van der Waals surface area contributed by atoms with Crippen molar-refractivity contribution in [3.8, 4) is 0 Å². The molecule has 0 saturated carbocycles. The molecule has 1 heterocycles. The molecule has 19 heavy (non-hydrogen) atoms. The minimum Gasteiger partial charge on any atom is -0.444 e. The van der Waals surface area contributed by atoms with Gasteiger partial charge in [-0.05, 0) is 39.0 Å². The van der Waals surface area contributed by atoms with Crippen molar-refractivity contribution < 1.29 is 19.1 Å². The monoisotopic (exact) mass is 271 g/mol. The molecule has 1 fully saturated rings. The van der Waals surface area contributed by atoms with Gasteiger partial charge in [0, 0.05) is 20.3 Å². The molecule has 0 aromatic rings. The van der Waals surface area contributed by atoms with Gasteiger partial charge in [0.1, 0.15) is 11.9 Å². The van der Waals surface area contributed by atoms with E-state index in [4.69, 9.17) is 9.47 Å². The Morgan fingerprint density at radius 3 is 2.32 bits per heavy atom. The fourth-order valence-electron chi connectivity index (χ4n) is 2.30. The van der Waals surface area contributed by atoms with Crippen LogP contribution in [0.4, 0.5) is 4.79 Å². The van der Waals surface area contributed by atoms with Crippen molar-refractivity contribution in [1.82, 2.24) is 4.90 Å². The van der Waals surface area contributed by atoms with Gasteiger partial charge in [-0.1, -0.05) is 6.92 Å². The van der Waals surface area contributed by atoms with Crippen molar-refractivity contribution >= 4 is 12.4 Å². The van der Waals surface area contributed by atoms with E-state index in [-0.39, 0.29) is 5.41 Å². The molecule has 1 rings (SSSR count). The lowest BCUT2D eigenvalue weighted by Crippen LogP contribution is -2.51. The molecule has 0 bridgehead atoms. The maximum atomic E-state index is 12.1. The number of hydrogen-bond donors (Lipinski definition) is 0. The Kier molecular flexibility index (Phi) is 4.96. The largest absolute Gasteiger partial charge is 0.444 e. The van der Waals surface area contributed by atoms with Crippen LogP contribution in [0.15, 0.2) is 0 Å². The van der Waals surface area contributed by atoms with Crippen LogP contribution in [0.3, 0.4) is 0 Å². The summed E-state index contributed by atoms with van der Waals surface area (Å²) in [6, 6.07) is -0.480. The molecule has 1 aliphatic rings. The van der Waals surface area contributed by atoms with Crippen molar-refractivity contribution in [2.75, 3.05) is 20.3 Å². The summed E-state index contributed by atoms with van der Waals surface area (Å²) in [5, 5.41) is 0. The van der Waals surface area contributed by atoms with Gasteiger partial charge in [-0.15, -0.1) is 0 Å². The molecule has 1 amide bonds. The number of nitrogens with zero attached hydrogens (tertiary/aromatic N) is 1. The Labute approximate surface area is 115 Å². The highest BCUT2D eigenvalue weighted by atomic mass is 16.6. The van der Waals surface area contributed by atoms with Crippen LogP contribution in [0.2, 0.25) is 0 Å². The standard InChI is InChI=1S/C14H25NO4/c1-13(2,3)19-12(17)15(5)11(10-16)14(4)6-8-18-9-7-14/h10-11H,6-9H2,1-5H3. The van der Waals surface area contributed by atoms with Crippen LogP contribution < -0.4 is 0 Å². The molecule has 5 nitrogen and oxygen atoms in total. The first-order valence-electron chi connectivity index (χ1n) is 6.68. The van der Waals surface area contributed by atoms with Crippen LogP contribution >= 0.6 is 0 Å². The first-order chi connectivity index (χ1) is 8.69. The van der Waals surface area contributed by atoms with Gasteiger partial charge in [0.05, 0.1) is 6.04 Å². The van der Waals surface area contributed by atoms with E-state index < -0.39 is 17.7 Å². The first-order valence-corrected chi connectivity index (χ1v) is 6.68. The average Bonchev–Trinajstić information content (AvgIpc) is 2.28. The second-order valence-corrected chi connectivity index (χ2v) is 6.44. The van der Waals surface area contributed by atoms with Gasteiger partial charge >= 0.3 is 6.09 Å². The van der Waals surface area contributed by atoms with E-state index in [1.54, 1.807) is 7.05 Å². The van der Waals surface area contributed by atoms with E-state index in [2.05, 4.69) is 0 Å². The highest BCUT2D eigenvalue weighted by Gasteiger charge is 2.40. The van der Waals surface area contributed by atoms with Crippen molar-refractivity contribution in [2.45, 2.75) is 52.2 Å². The quantitative estimate of drug-likeness (QED) is 0.739. The first kappa shape index (κ1) is 16.0. The van der Waals surface area contributed by atoms with Gasteiger partial charge < -0.3 is 19.2 Å². The zero-order valence-electron chi connectivity index (χ0n) is 12.6. The normalized spacial score (nSPS) is 20.5. The molecule has 0 N–H and O–H groups in total. The van der Waals surface area contributed by atoms with Gasteiger partial charge in [0.15, 0.2) is 0 Å². The van der Waals surface area contributed by atoms with E-state index >= 15 is 0 Å². The predicted molar refractivity (Wildman–Crippen MR) is 72.0 cm³/mol. The van der Waals surface area contributed by atoms with Gasteiger partial charge in [-0.25, -0.2) is 4.79 Å². The Balaban J connectivity index is 2.78. The SMILES string of the molecule is CN(C(=O)OC(C)(C)C)C(C=O)C1(C)CCOCC1. The van der Waals surface area contributed by atoms with Crippen molar-refractivity contribution in [1.29, 1.82) is 0 Å². The van der Waals surface area contributed by atoms with Gasteiger partial charge in [-0.3, -0.25) is 0 Å². The van der Waals surface area contributed by atoms with Crippen molar-refractivity contribution in [2.24, 2.45) is 5.41 Å². The Hall–Kier alpha value is -1.10. The second-order valence-electron chi connectivity index (χ2n) is 6.44. The lowest BCUT2D eigenvalue weighted by Gasteiger charge is -2.42. The summed E-state index contributed by atoms with van der Waals surface area (Å²) in [6.45, 7) is 8.71. The number of hydrogen-bond acceptors (Lipinski definition) is 4. The summed E-state index contributed by atoms with van der Waals surface area (Å²) >= 11 is 0. The van der Waals surface area contributed by atoms with E-state index in [9.17, 15) is 9.59 Å². The average molecular weight is 271 g/mol. The van der Waals surface area contributed by atoms with E-state index in [0.717, 1.165) is 19.1 Å². The van der Waals surface area contributed by atoms with Crippen molar-refractivity contribution in [3.63, 3.8) is 0 Å². The fourth-order valence-corrected chi connectivity index (χ4v) is 2.30. The van der Waals surface area contributed by atoms with Crippen LogP contribution in [0.25, 0.3) is 0 Å². The minimum absolute atomic E-state index is 0.244. The molecule has 0 aliphatic carbocycles. The highest BCUT2D eigenvalue weighted by Crippen LogP contribution is 2.35. The number of carbonyl (C=O) groups excluding carboxylic acids is 2. The number of ether oxygens (including phenoxy) is 2. The third kappa shape index (κ3) is 4.20. The number of rotatable bonds is 3. The van der Waals surface area contributed by atoms with E-state index in [0.29, 0.717) is 13.2 Å². The molecule has 0 radical (unpaired) electrons. The third-order valence-electron chi connectivity index (χ3n) is 3.58. The second kappa shape index (κ2) is 5.90. The third-order valence-corrected chi connectivity index (χ3v) is 3.58. The van der Waals surface area contributed by atoms with Crippen LogP contribution in [0.1, 0.15) is 40.5 Å². The maximum absolute atomic E-state index is 12.1. The topological polar surface area (TPSA) is 55.8 Å². The molecule has 1 aliphatic heterocycles. The summed E-state index contributed by atoms with van der Waals surface area (Å²) in [5.74, 6) is 0. The molecule has 1 saturated heterocycles. The molecule has 1 unspecified atom stereocenters. The van der Waals surface area contributed by atoms with Gasteiger partial charge in [0.25, 0.3) is 0 Å². The molecule has 5 heteroatoms. The van der Waals surface area contributed by atoms with Crippen molar-refractivity contribution in [3.05, 3.63) is 0 Å². The summed E-state index contributed by atoms with van der Waals surface area (Å²) < 4.78 is 10.6. The lowest BCUT2D eigenvalue weighted by atomic mass is 9.75. The Morgan fingerprint density at radius 2 is 1.89 bits per heavy atom. The molecule has 110 valence electrons. The van der Waals surface area contributed by atoms with Gasteiger partial charge in [0.2, 0.25) is 0 Å². The summed E-state index contributed by atoms with van der Waals surface area (Å²) in [6.07, 6.45) is 1.92. The smallest absolute Gasteiger partial charge is 0.410 e. The number of aldehydes is 1. The highest BCUT2D eigenvalue weighted by molar-refractivity contribution is 5.74. The Bertz CT molecular complexity index is 329.